The number of anilines is 1. The number of nitrogens with zero attached hydrogens (tertiary/aromatic N) is 2. The molecule has 2 aromatic rings. The minimum atomic E-state index is -4.77. The molecule has 1 aromatic carbocycles. The quantitative estimate of drug-likeness (QED) is 0.621. The lowest BCUT2D eigenvalue weighted by molar-refractivity contribution is -0.137. The molecule has 2 unspecified atom stereocenters. The van der Waals surface area contributed by atoms with Crippen LogP contribution in [-0.4, -0.2) is 49.4 Å². The lowest BCUT2D eigenvalue weighted by Gasteiger charge is -2.40. The maximum Gasteiger partial charge on any atom is 0.418 e. The zero-order valence-corrected chi connectivity index (χ0v) is 18.7. The fraction of sp³-hybridized carbons (Fsp3) is 0.421. The third kappa shape index (κ3) is 4.47. The fourth-order valence-corrected chi connectivity index (χ4v) is 6.58. The van der Waals surface area contributed by atoms with Crippen LogP contribution in [0.2, 0.25) is 0 Å². The highest BCUT2D eigenvalue weighted by molar-refractivity contribution is 7.91. The summed E-state index contributed by atoms with van der Waals surface area (Å²) in [7, 11) is -4.05. The molecule has 1 saturated heterocycles. The van der Waals surface area contributed by atoms with Crippen LogP contribution in [0.5, 0.6) is 0 Å². The van der Waals surface area contributed by atoms with Crippen molar-refractivity contribution in [1.82, 2.24) is 4.31 Å². The molecule has 1 amide bonds. The van der Waals surface area contributed by atoms with Crippen molar-refractivity contribution < 1.29 is 35.9 Å². The number of hydrogen-bond acceptors (Lipinski definition) is 6. The Morgan fingerprint density at radius 2 is 1.88 bits per heavy atom. The van der Waals surface area contributed by atoms with Gasteiger partial charge in [0, 0.05) is 36.2 Å². The Labute approximate surface area is 186 Å². The summed E-state index contributed by atoms with van der Waals surface area (Å²) >= 11 is 0.691. The van der Waals surface area contributed by atoms with Crippen LogP contribution in [0.25, 0.3) is 0 Å². The van der Waals surface area contributed by atoms with Crippen molar-refractivity contribution in [1.29, 1.82) is 0 Å². The Morgan fingerprint density at radius 3 is 2.44 bits per heavy atom. The summed E-state index contributed by atoms with van der Waals surface area (Å²) in [6.45, 7) is 2.49. The Balaban J connectivity index is 1.85. The van der Waals surface area contributed by atoms with Crippen molar-refractivity contribution in [3.63, 3.8) is 0 Å². The number of rotatable bonds is 5. The molecular weight excluding hydrogens is 474 g/mol. The summed E-state index contributed by atoms with van der Waals surface area (Å²) < 4.78 is 80.8. The molecule has 0 spiro atoms. The molecule has 7 nitrogen and oxygen atoms in total. The number of halogens is 4. The van der Waals surface area contributed by atoms with Crippen molar-refractivity contribution in [3.8, 4) is 0 Å². The largest absolute Gasteiger partial charge is 0.418 e. The van der Waals surface area contributed by atoms with Crippen LogP contribution in [0, 0.1) is 5.82 Å². The second kappa shape index (κ2) is 8.28. The molecule has 3 rings (SSSR count). The molecule has 13 heteroatoms. The molecule has 0 aliphatic carbocycles. The molecule has 2 atom stereocenters. The first-order chi connectivity index (χ1) is 14.7. The van der Waals surface area contributed by atoms with Crippen molar-refractivity contribution in [2.75, 3.05) is 24.5 Å². The van der Waals surface area contributed by atoms with E-state index in [4.69, 9.17) is 5.73 Å². The standard InChI is InChI=1S/C19H21F4N3O4S2/c1-11-10-25(14-4-3-12(20)9-13(14)19(21,22)23)7-8-26(11)32(29,30)16-6-5-15(31-16)18(2,28)17(24)27/h3-6,9,11,28H,7-8,10H2,1-2H3,(H2,24,27). The van der Waals surface area contributed by atoms with Gasteiger partial charge < -0.3 is 15.7 Å². The van der Waals surface area contributed by atoms with Crippen molar-refractivity contribution in [3.05, 3.63) is 46.6 Å². The monoisotopic (exact) mass is 495 g/mol. The maximum atomic E-state index is 13.4. The number of sulfonamides is 1. The first-order valence-corrected chi connectivity index (χ1v) is 11.7. The molecule has 1 aromatic heterocycles. The third-order valence-corrected chi connectivity index (χ3v) is 9.05. The second-order valence-corrected chi connectivity index (χ2v) is 10.8. The van der Waals surface area contributed by atoms with Crippen LogP contribution >= 0.6 is 11.3 Å². The summed E-state index contributed by atoms with van der Waals surface area (Å²) in [5, 5.41) is 10.2. The summed E-state index contributed by atoms with van der Waals surface area (Å²) in [6, 6.07) is 4.20. The first kappa shape index (κ1) is 24.4. The Hall–Kier alpha value is -2.22. The molecule has 1 fully saturated rings. The van der Waals surface area contributed by atoms with Gasteiger partial charge in [0.25, 0.3) is 15.9 Å². The van der Waals surface area contributed by atoms with Gasteiger partial charge in [0.2, 0.25) is 0 Å². The molecule has 3 N–H and O–H groups in total. The molecule has 2 heterocycles. The predicted octanol–water partition coefficient (Wildman–Crippen LogP) is 2.50. The number of piperazine rings is 1. The van der Waals surface area contributed by atoms with Crippen molar-refractivity contribution in [2.45, 2.75) is 35.9 Å². The molecule has 0 radical (unpaired) electrons. The smallest absolute Gasteiger partial charge is 0.375 e. The fourth-order valence-electron chi connectivity index (χ4n) is 3.49. The molecule has 32 heavy (non-hydrogen) atoms. The van der Waals surface area contributed by atoms with E-state index in [-0.39, 0.29) is 34.4 Å². The molecular formula is C19H21F4N3O4S2. The predicted molar refractivity (Wildman–Crippen MR) is 110 cm³/mol. The Bertz CT molecular complexity index is 1130. The summed E-state index contributed by atoms with van der Waals surface area (Å²) in [5.74, 6) is -2.05. The van der Waals surface area contributed by atoms with E-state index in [1.807, 2.05) is 0 Å². The van der Waals surface area contributed by atoms with Gasteiger partial charge in [-0.1, -0.05) is 0 Å². The van der Waals surface area contributed by atoms with Crippen LogP contribution in [0.3, 0.4) is 0 Å². The van der Waals surface area contributed by atoms with E-state index in [2.05, 4.69) is 0 Å². The SMILES string of the molecule is CC1CN(c2ccc(F)cc2C(F)(F)F)CCN1S(=O)(=O)c1ccc(C(C)(O)C(N)=O)s1. The highest BCUT2D eigenvalue weighted by Gasteiger charge is 2.40. The summed E-state index contributed by atoms with van der Waals surface area (Å²) in [6.07, 6.45) is -4.77. The van der Waals surface area contributed by atoms with Gasteiger partial charge in [-0.05, 0) is 44.2 Å². The second-order valence-electron chi connectivity index (χ2n) is 7.63. The molecule has 1 aliphatic heterocycles. The van der Waals surface area contributed by atoms with Gasteiger partial charge in [0.15, 0.2) is 5.60 Å². The Morgan fingerprint density at radius 1 is 1.22 bits per heavy atom. The van der Waals surface area contributed by atoms with Crippen molar-refractivity contribution in [2.24, 2.45) is 5.73 Å². The zero-order valence-electron chi connectivity index (χ0n) is 17.1. The first-order valence-electron chi connectivity index (χ1n) is 9.42. The van der Waals surface area contributed by atoms with Gasteiger partial charge in [-0.2, -0.15) is 17.5 Å². The highest BCUT2D eigenvalue weighted by Crippen LogP contribution is 2.39. The van der Waals surface area contributed by atoms with Gasteiger partial charge in [-0.15, -0.1) is 11.3 Å². The number of carbonyl (C=O) groups is 1. The number of amides is 1. The highest BCUT2D eigenvalue weighted by atomic mass is 32.2. The van der Waals surface area contributed by atoms with Crippen LogP contribution in [0.15, 0.2) is 34.5 Å². The molecule has 176 valence electrons. The zero-order chi connectivity index (χ0) is 24.1. The van der Waals surface area contributed by atoms with Crippen LogP contribution in [-0.2, 0) is 26.6 Å². The van der Waals surface area contributed by atoms with Crippen LogP contribution < -0.4 is 10.6 Å². The van der Waals surface area contributed by atoms with E-state index in [0.29, 0.717) is 17.4 Å². The average molecular weight is 496 g/mol. The average Bonchev–Trinajstić information content (AvgIpc) is 3.18. The molecule has 0 saturated carbocycles. The van der Waals surface area contributed by atoms with Gasteiger partial charge in [0.05, 0.1) is 5.56 Å². The van der Waals surface area contributed by atoms with Crippen molar-refractivity contribution >= 4 is 33.0 Å². The lowest BCUT2D eigenvalue weighted by Crippen LogP contribution is -2.54. The van der Waals surface area contributed by atoms with Crippen LogP contribution in [0.4, 0.5) is 23.2 Å². The molecule has 1 aliphatic rings. The van der Waals surface area contributed by atoms with E-state index in [9.17, 15) is 35.9 Å². The van der Waals surface area contributed by atoms with E-state index in [1.54, 1.807) is 6.92 Å². The number of benzene rings is 1. The minimum absolute atomic E-state index is 0.0461. The number of alkyl halides is 3. The Kier molecular flexibility index (Phi) is 6.32. The minimum Gasteiger partial charge on any atom is -0.375 e. The number of primary amides is 1. The van der Waals surface area contributed by atoms with E-state index in [1.165, 1.54) is 17.0 Å². The van der Waals surface area contributed by atoms with E-state index >= 15 is 0 Å². The van der Waals surface area contributed by atoms with Gasteiger partial charge >= 0.3 is 6.18 Å². The van der Waals surface area contributed by atoms with Crippen LogP contribution in [0.1, 0.15) is 24.3 Å². The topological polar surface area (TPSA) is 104 Å². The van der Waals surface area contributed by atoms with E-state index in [0.717, 1.165) is 23.4 Å². The lowest BCUT2D eigenvalue weighted by atomic mass is 10.1. The number of hydrogen-bond donors (Lipinski definition) is 2. The maximum absolute atomic E-state index is 13.4. The number of aliphatic hydroxyl groups is 1. The normalized spacial score (nSPS) is 20.2. The molecule has 0 bridgehead atoms. The van der Waals surface area contributed by atoms with Gasteiger partial charge in [0.1, 0.15) is 10.0 Å². The summed E-state index contributed by atoms with van der Waals surface area (Å²) in [5.41, 5.74) is 1.76. The number of carbonyl (C=O) groups excluding carboxylic acids is 1. The number of nitrogens with two attached hydrogens (primary N) is 1. The van der Waals surface area contributed by atoms with E-state index < -0.39 is 45.1 Å². The number of thiophene rings is 1. The summed E-state index contributed by atoms with van der Waals surface area (Å²) in [4.78, 5) is 12.9. The van der Waals surface area contributed by atoms with Gasteiger partial charge in [-0.25, -0.2) is 12.8 Å². The van der Waals surface area contributed by atoms with Gasteiger partial charge in [-0.3, -0.25) is 4.79 Å². The third-order valence-electron chi connectivity index (χ3n) is 5.28.